The van der Waals surface area contributed by atoms with Crippen LogP contribution in [0, 0.1) is 13.8 Å². The predicted molar refractivity (Wildman–Crippen MR) is 111 cm³/mol. The van der Waals surface area contributed by atoms with E-state index in [1.807, 2.05) is 29.9 Å². The molecule has 154 valence electrons. The number of carbonyl (C=O) groups excluding carboxylic acids is 3. The van der Waals surface area contributed by atoms with Crippen molar-refractivity contribution in [1.29, 1.82) is 0 Å². The van der Waals surface area contributed by atoms with Gasteiger partial charge >= 0.3 is 6.03 Å². The molecule has 3 amide bonds. The van der Waals surface area contributed by atoms with Gasteiger partial charge in [-0.25, -0.2) is 9.78 Å². The van der Waals surface area contributed by atoms with Crippen LogP contribution in [-0.2, 0) is 4.79 Å². The van der Waals surface area contributed by atoms with Crippen LogP contribution in [-0.4, -0.2) is 44.3 Å². The topological polar surface area (TPSA) is 84.3 Å². The van der Waals surface area contributed by atoms with E-state index in [-0.39, 0.29) is 18.2 Å². The third kappa shape index (κ3) is 3.50. The average Bonchev–Trinajstić information content (AvgIpc) is 3.33. The van der Waals surface area contributed by atoms with Gasteiger partial charge in [-0.1, -0.05) is 32.1 Å². The second kappa shape index (κ2) is 7.74. The fraction of sp³-hybridized carbons (Fsp3) is 0.524. The summed E-state index contributed by atoms with van der Waals surface area (Å²) in [5.74, 6) is -0.473. The highest BCUT2D eigenvalue weighted by Gasteiger charge is 2.50. The SMILES string of the molecule is Cc1cc(C(=O)CN2C(=O)NC3(CCCCCCC3)C2=O)c(C)n1-c1nccs1. The lowest BCUT2D eigenvalue weighted by Gasteiger charge is -2.28. The van der Waals surface area contributed by atoms with Crippen molar-refractivity contribution in [2.45, 2.75) is 64.3 Å². The summed E-state index contributed by atoms with van der Waals surface area (Å²) in [5, 5.41) is 5.60. The summed E-state index contributed by atoms with van der Waals surface area (Å²) in [5.41, 5.74) is 1.37. The third-order valence-corrected chi connectivity index (χ3v) is 6.85. The van der Waals surface area contributed by atoms with Gasteiger partial charge in [-0.2, -0.15) is 0 Å². The summed E-state index contributed by atoms with van der Waals surface area (Å²) >= 11 is 1.49. The summed E-state index contributed by atoms with van der Waals surface area (Å²) in [6.45, 7) is 3.56. The molecule has 1 aliphatic heterocycles. The number of ketones is 1. The molecule has 0 bridgehead atoms. The molecule has 1 saturated heterocycles. The molecule has 1 aliphatic carbocycles. The number of rotatable bonds is 4. The van der Waals surface area contributed by atoms with Crippen LogP contribution in [0.1, 0.15) is 66.7 Å². The number of hydrogen-bond donors (Lipinski definition) is 1. The van der Waals surface area contributed by atoms with Gasteiger partial charge in [-0.15, -0.1) is 11.3 Å². The highest BCUT2D eigenvalue weighted by atomic mass is 32.1. The Bertz CT molecular complexity index is 940. The second-order valence-electron chi connectivity index (χ2n) is 8.03. The van der Waals surface area contributed by atoms with Gasteiger partial charge in [0.25, 0.3) is 5.91 Å². The van der Waals surface area contributed by atoms with E-state index in [2.05, 4.69) is 10.3 Å². The highest BCUT2D eigenvalue weighted by Crippen LogP contribution is 2.32. The lowest BCUT2D eigenvalue weighted by atomic mass is 9.84. The molecule has 3 heterocycles. The molecule has 8 heteroatoms. The van der Waals surface area contributed by atoms with E-state index in [1.165, 1.54) is 17.8 Å². The number of nitrogens with zero attached hydrogens (tertiary/aromatic N) is 3. The van der Waals surface area contributed by atoms with Gasteiger partial charge in [-0.05, 0) is 32.8 Å². The van der Waals surface area contributed by atoms with Crippen molar-refractivity contribution < 1.29 is 14.4 Å². The lowest BCUT2D eigenvalue weighted by Crippen LogP contribution is -2.47. The predicted octanol–water partition coefficient (Wildman–Crippen LogP) is 3.77. The Morgan fingerprint density at radius 2 is 1.86 bits per heavy atom. The molecule has 1 saturated carbocycles. The van der Waals surface area contributed by atoms with Gasteiger partial charge in [0, 0.05) is 28.5 Å². The van der Waals surface area contributed by atoms with Crippen molar-refractivity contribution in [3.8, 4) is 5.13 Å². The zero-order valence-electron chi connectivity index (χ0n) is 16.9. The van der Waals surface area contributed by atoms with E-state index in [4.69, 9.17) is 0 Å². The Hall–Kier alpha value is -2.48. The van der Waals surface area contributed by atoms with E-state index in [0.717, 1.165) is 47.1 Å². The lowest BCUT2D eigenvalue weighted by molar-refractivity contribution is -0.131. The monoisotopic (exact) mass is 414 g/mol. The first-order valence-corrected chi connectivity index (χ1v) is 11.1. The standard InChI is InChI=1S/C21H26N4O3S/c1-14-12-16(15(2)25(14)20-22-10-11-29-20)17(26)13-24-18(27)21(23-19(24)28)8-6-4-3-5-7-9-21/h10-12H,3-9,13H2,1-2H3,(H,23,28). The Balaban J connectivity index is 1.55. The van der Waals surface area contributed by atoms with Crippen molar-refractivity contribution in [3.05, 3.63) is 34.6 Å². The quantitative estimate of drug-likeness (QED) is 0.610. The van der Waals surface area contributed by atoms with Gasteiger partial charge in [0.15, 0.2) is 10.9 Å². The van der Waals surface area contributed by atoms with Gasteiger partial charge in [0.2, 0.25) is 0 Å². The van der Waals surface area contributed by atoms with E-state index >= 15 is 0 Å². The molecule has 29 heavy (non-hydrogen) atoms. The molecule has 0 aromatic carbocycles. The molecule has 2 fully saturated rings. The smallest absolute Gasteiger partial charge is 0.323 e. The number of thiazole rings is 1. The first-order valence-electron chi connectivity index (χ1n) is 10.2. The van der Waals surface area contributed by atoms with Crippen LogP contribution in [0.3, 0.4) is 0 Å². The zero-order chi connectivity index (χ0) is 20.6. The summed E-state index contributed by atoms with van der Waals surface area (Å²) in [4.78, 5) is 44.2. The molecule has 2 aromatic heterocycles. The molecular weight excluding hydrogens is 388 g/mol. The maximum Gasteiger partial charge on any atom is 0.325 e. The number of nitrogens with one attached hydrogen (secondary N) is 1. The largest absolute Gasteiger partial charge is 0.325 e. The zero-order valence-corrected chi connectivity index (χ0v) is 17.7. The van der Waals surface area contributed by atoms with Crippen LogP contribution < -0.4 is 5.32 Å². The van der Waals surface area contributed by atoms with Crippen LogP contribution in [0.15, 0.2) is 17.6 Å². The third-order valence-electron chi connectivity index (χ3n) is 6.10. The van der Waals surface area contributed by atoms with Gasteiger partial charge in [-0.3, -0.25) is 19.1 Å². The molecule has 7 nitrogen and oxygen atoms in total. The van der Waals surface area contributed by atoms with Crippen LogP contribution in [0.25, 0.3) is 5.13 Å². The molecule has 0 atom stereocenters. The van der Waals surface area contributed by atoms with E-state index in [9.17, 15) is 14.4 Å². The summed E-state index contributed by atoms with van der Waals surface area (Å²) in [6.07, 6.45) is 8.20. The van der Waals surface area contributed by atoms with E-state index in [0.29, 0.717) is 18.4 Å². The van der Waals surface area contributed by atoms with Crippen molar-refractivity contribution in [1.82, 2.24) is 19.8 Å². The average molecular weight is 415 g/mol. The molecule has 2 aliphatic rings. The van der Waals surface area contributed by atoms with Gasteiger partial charge in [0.1, 0.15) is 5.54 Å². The maximum absolute atomic E-state index is 13.1. The number of hydrogen-bond acceptors (Lipinski definition) is 5. The fourth-order valence-corrected chi connectivity index (χ4v) is 5.31. The molecule has 1 N–H and O–H groups in total. The van der Waals surface area contributed by atoms with Crippen molar-refractivity contribution in [2.75, 3.05) is 6.54 Å². The minimum atomic E-state index is -0.824. The van der Waals surface area contributed by atoms with E-state index in [1.54, 1.807) is 6.20 Å². The van der Waals surface area contributed by atoms with Gasteiger partial charge in [0.05, 0.1) is 6.54 Å². The summed E-state index contributed by atoms with van der Waals surface area (Å²) in [7, 11) is 0. The van der Waals surface area contributed by atoms with Crippen LogP contribution in [0.5, 0.6) is 0 Å². The first-order chi connectivity index (χ1) is 13.9. The number of aryl methyl sites for hydroxylation is 1. The van der Waals surface area contributed by atoms with Gasteiger partial charge < -0.3 is 5.32 Å². The van der Waals surface area contributed by atoms with Crippen molar-refractivity contribution in [2.24, 2.45) is 0 Å². The molecular formula is C21H26N4O3S. The molecule has 2 aromatic rings. The number of Topliss-reactive ketones (excluding diaryl/α,β-unsaturated/α-hetero) is 1. The van der Waals surface area contributed by atoms with E-state index < -0.39 is 11.6 Å². The van der Waals surface area contributed by atoms with Crippen molar-refractivity contribution >= 4 is 29.1 Å². The normalized spacial score (nSPS) is 19.3. The molecule has 0 unspecified atom stereocenters. The maximum atomic E-state index is 13.1. The number of carbonyl (C=O) groups is 3. The Labute approximate surface area is 174 Å². The Morgan fingerprint density at radius 1 is 1.17 bits per heavy atom. The number of amides is 3. The summed E-state index contributed by atoms with van der Waals surface area (Å²) < 4.78 is 1.93. The Kier molecular flexibility index (Phi) is 5.29. The highest BCUT2D eigenvalue weighted by molar-refractivity contribution is 7.12. The number of urea groups is 1. The molecule has 4 rings (SSSR count). The minimum Gasteiger partial charge on any atom is -0.323 e. The van der Waals surface area contributed by atoms with Crippen LogP contribution in [0.2, 0.25) is 0 Å². The number of imide groups is 1. The number of aromatic nitrogens is 2. The molecule has 0 radical (unpaired) electrons. The second-order valence-corrected chi connectivity index (χ2v) is 8.90. The van der Waals surface area contributed by atoms with Crippen LogP contribution in [0.4, 0.5) is 4.79 Å². The fourth-order valence-electron chi connectivity index (χ4n) is 4.56. The van der Waals surface area contributed by atoms with Crippen LogP contribution >= 0.6 is 11.3 Å². The summed E-state index contributed by atoms with van der Waals surface area (Å²) in [6, 6.07) is 1.36. The molecule has 1 spiro atoms. The minimum absolute atomic E-state index is 0.228. The Morgan fingerprint density at radius 3 is 2.52 bits per heavy atom. The van der Waals surface area contributed by atoms with Crippen molar-refractivity contribution in [3.63, 3.8) is 0 Å². The first kappa shape index (κ1) is 19.8.